The third-order valence-corrected chi connectivity index (χ3v) is 5.29. The number of ether oxygens (including phenoxy) is 1. The molecule has 5 N–H and O–H groups in total. The molecule has 1 aromatic heterocycles. The first-order chi connectivity index (χ1) is 17.4. The molecule has 37 heavy (non-hydrogen) atoms. The number of hydrogen-bond acceptors (Lipinski definition) is 9. The van der Waals surface area contributed by atoms with Crippen molar-refractivity contribution in [3.63, 3.8) is 0 Å². The lowest BCUT2D eigenvalue weighted by Gasteiger charge is -2.20. The van der Waals surface area contributed by atoms with Crippen LogP contribution in [0.25, 0.3) is 11.0 Å². The predicted molar refractivity (Wildman–Crippen MR) is 132 cm³/mol. The second kappa shape index (κ2) is 11.2. The molecule has 200 valence electrons. The normalized spacial score (nSPS) is 14.7. The number of aliphatic carboxylic acids is 1. The standard InChI is InChI=1S/C23H31N7O7/c1-23(2,3)37-22(36)30-16-8-5-4-7-15(16)27-20(30)25-9-6-10-28-13-18(32)29(21(28)35)12-17(31)26-11-14(24)19(33)34/h4-5,7-8,14H,6,9-13,24H2,1-3H3,(H,25,27)(H,26,31)(H,33,34)/t14-/m0/s1. The Hall–Kier alpha value is -4.20. The number of carbonyl (C=O) groups is 5. The molecule has 14 nitrogen and oxygen atoms in total. The minimum Gasteiger partial charge on any atom is -0.480 e. The van der Waals surface area contributed by atoms with Crippen molar-refractivity contribution in [2.45, 2.75) is 38.8 Å². The van der Waals surface area contributed by atoms with Gasteiger partial charge >= 0.3 is 18.1 Å². The fourth-order valence-electron chi connectivity index (χ4n) is 3.54. The van der Waals surface area contributed by atoms with Gasteiger partial charge in [-0.2, -0.15) is 0 Å². The van der Waals surface area contributed by atoms with Crippen molar-refractivity contribution in [2.75, 3.05) is 38.0 Å². The molecule has 1 aliphatic rings. The number of carbonyl (C=O) groups excluding carboxylic acids is 4. The highest BCUT2D eigenvalue weighted by atomic mass is 16.6. The van der Waals surface area contributed by atoms with Gasteiger partial charge in [0, 0.05) is 19.6 Å². The van der Waals surface area contributed by atoms with Gasteiger partial charge in [-0.15, -0.1) is 0 Å². The van der Waals surface area contributed by atoms with Crippen molar-refractivity contribution in [1.29, 1.82) is 0 Å². The number of nitrogens with two attached hydrogens (primary N) is 1. The fraction of sp³-hybridized carbons (Fsp3) is 0.478. The van der Waals surface area contributed by atoms with E-state index in [9.17, 15) is 24.0 Å². The largest absolute Gasteiger partial charge is 0.480 e. The zero-order chi connectivity index (χ0) is 27.3. The van der Waals surface area contributed by atoms with Gasteiger partial charge in [0.25, 0.3) is 5.91 Å². The predicted octanol–water partition coefficient (Wildman–Crippen LogP) is 0.414. The van der Waals surface area contributed by atoms with Crippen LogP contribution in [0.4, 0.5) is 15.5 Å². The van der Waals surface area contributed by atoms with Gasteiger partial charge in [-0.3, -0.25) is 19.3 Å². The summed E-state index contributed by atoms with van der Waals surface area (Å²) in [4.78, 5) is 67.0. The molecule has 1 fully saturated rings. The number of urea groups is 1. The molecule has 4 amide bonds. The summed E-state index contributed by atoms with van der Waals surface area (Å²) < 4.78 is 6.86. The summed E-state index contributed by atoms with van der Waals surface area (Å²) in [6.07, 6.45) is -0.161. The number of anilines is 1. The summed E-state index contributed by atoms with van der Waals surface area (Å²) in [5, 5.41) is 14.1. The maximum atomic E-state index is 12.8. The molecule has 3 rings (SSSR count). The van der Waals surface area contributed by atoms with Crippen molar-refractivity contribution in [2.24, 2.45) is 5.73 Å². The Morgan fingerprint density at radius 1 is 1.22 bits per heavy atom. The number of imidazole rings is 1. The number of benzene rings is 1. The smallest absolute Gasteiger partial charge is 0.421 e. The minimum atomic E-state index is -1.29. The van der Waals surface area contributed by atoms with E-state index in [-0.39, 0.29) is 25.6 Å². The van der Waals surface area contributed by atoms with Gasteiger partial charge in [0.15, 0.2) is 0 Å². The van der Waals surface area contributed by atoms with Gasteiger partial charge in [0.1, 0.15) is 24.7 Å². The monoisotopic (exact) mass is 517 g/mol. The van der Waals surface area contributed by atoms with Gasteiger partial charge in [-0.05, 0) is 39.3 Å². The average Bonchev–Trinajstić information content (AvgIpc) is 3.31. The Morgan fingerprint density at radius 2 is 1.92 bits per heavy atom. The first-order valence-corrected chi connectivity index (χ1v) is 11.7. The molecule has 0 aliphatic carbocycles. The highest BCUT2D eigenvalue weighted by Gasteiger charge is 2.36. The van der Waals surface area contributed by atoms with E-state index in [1.165, 1.54) is 9.47 Å². The number of rotatable bonds is 10. The summed E-state index contributed by atoms with van der Waals surface area (Å²) in [6, 6.07) is 5.21. The molecule has 1 saturated heterocycles. The summed E-state index contributed by atoms with van der Waals surface area (Å²) in [7, 11) is 0. The van der Waals surface area contributed by atoms with Crippen LogP contribution in [0.3, 0.4) is 0 Å². The maximum Gasteiger partial charge on any atom is 0.421 e. The summed E-state index contributed by atoms with van der Waals surface area (Å²) in [6.45, 7) is 4.81. The van der Waals surface area contributed by atoms with Crippen LogP contribution in [-0.4, -0.2) is 98.7 Å². The zero-order valence-corrected chi connectivity index (χ0v) is 20.9. The molecule has 0 spiro atoms. The Kier molecular flexibility index (Phi) is 8.32. The molecule has 1 atom stereocenters. The quantitative estimate of drug-likeness (QED) is 0.254. The van der Waals surface area contributed by atoms with Gasteiger partial charge in [-0.1, -0.05) is 12.1 Å². The Labute approximate surface area is 212 Å². The van der Waals surface area contributed by atoms with E-state index in [1.54, 1.807) is 45.0 Å². The van der Waals surface area contributed by atoms with Gasteiger partial charge in [0.2, 0.25) is 11.9 Å². The number of carboxylic acids is 1. The van der Waals surface area contributed by atoms with E-state index >= 15 is 0 Å². The van der Waals surface area contributed by atoms with Crippen LogP contribution >= 0.6 is 0 Å². The third kappa shape index (κ3) is 6.94. The van der Waals surface area contributed by atoms with Crippen LogP contribution in [0.15, 0.2) is 24.3 Å². The van der Waals surface area contributed by atoms with Crippen LogP contribution in [-0.2, 0) is 19.1 Å². The number of amides is 4. The molecule has 0 radical (unpaired) electrons. The van der Waals surface area contributed by atoms with Gasteiger partial charge in [-0.25, -0.2) is 19.1 Å². The van der Waals surface area contributed by atoms with Gasteiger partial charge in [0.05, 0.1) is 11.0 Å². The van der Waals surface area contributed by atoms with E-state index in [4.69, 9.17) is 15.6 Å². The van der Waals surface area contributed by atoms with Crippen LogP contribution in [0.2, 0.25) is 0 Å². The van der Waals surface area contributed by atoms with E-state index in [0.29, 0.717) is 24.0 Å². The lowest BCUT2D eigenvalue weighted by molar-refractivity contribution is -0.138. The third-order valence-electron chi connectivity index (χ3n) is 5.29. The Bertz CT molecular complexity index is 1200. The number of fused-ring (bicyclic) bond motifs is 1. The molecular weight excluding hydrogens is 486 g/mol. The number of imide groups is 1. The molecule has 1 aliphatic heterocycles. The van der Waals surface area contributed by atoms with Crippen molar-refractivity contribution in [1.82, 2.24) is 24.7 Å². The number of para-hydroxylation sites is 2. The SMILES string of the molecule is CC(C)(C)OC(=O)n1c(NCCCN2CC(=O)N(CC(=O)NC[C@H](N)C(=O)O)C2=O)nc2ccccc21. The first kappa shape index (κ1) is 27.4. The molecule has 2 heterocycles. The Balaban J connectivity index is 1.55. The van der Waals surface area contributed by atoms with E-state index < -0.39 is 48.1 Å². The number of nitrogens with one attached hydrogen (secondary N) is 2. The number of aromatic nitrogens is 2. The van der Waals surface area contributed by atoms with Crippen LogP contribution in [0.5, 0.6) is 0 Å². The second-order valence-electron chi connectivity index (χ2n) is 9.45. The summed E-state index contributed by atoms with van der Waals surface area (Å²) >= 11 is 0. The van der Waals surface area contributed by atoms with E-state index in [2.05, 4.69) is 15.6 Å². The van der Waals surface area contributed by atoms with Crippen LogP contribution in [0, 0.1) is 0 Å². The molecule has 0 bridgehead atoms. The summed E-state index contributed by atoms with van der Waals surface area (Å²) in [5.74, 6) is -2.22. The average molecular weight is 518 g/mol. The molecule has 2 aromatic rings. The zero-order valence-electron chi connectivity index (χ0n) is 20.9. The lowest BCUT2D eigenvalue weighted by atomic mass is 10.2. The van der Waals surface area contributed by atoms with E-state index in [0.717, 1.165) is 4.90 Å². The summed E-state index contributed by atoms with van der Waals surface area (Å²) in [5.41, 5.74) is 5.81. The number of hydrogen-bond donors (Lipinski definition) is 4. The number of nitrogens with zero attached hydrogens (tertiary/aromatic N) is 4. The van der Waals surface area contributed by atoms with Crippen LogP contribution in [0.1, 0.15) is 27.2 Å². The van der Waals surface area contributed by atoms with Crippen molar-refractivity contribution < 1.29 is 33.8 Å². The second-order valence-corrected chi connectivity index (χ2v) is 9.45. The molecule has 14 heteroatoms. The van der Waals surface area contributed by atoms with E-state index in [1.807, 2.05) is 0 Å². The first-order valence-electron chi connectivity index (χ1n) is 11.7. The van der Waals surface area contributed by atoms with Crippen molar-refractivity contribution in [3.05, 3.63) is 24.3 Å². The topological polar surface area (TPSA) is 189 Å². The Morgan fingerprint density at radius 3 is 2.59 bits per heavy atom. The van der Waals surface area contributed by atoms with Gasteiger partial charge < -0.3 is 31.1 Å². The highest BCUT2D eigenvalue weighted by Crippen LogP contribution is 2.22. The molecule has 0 unspecified atom stereocenters. The number of carboxylic acid groups (broad SMARTS) is 1. The fourth-order valence-corrected chi connectivity index (χ4v) is 3.54. The molecule has 1 aromatic carbocycles. The minimum absolute atomic E-state index is 0.183. The van der Waals surface area contributed by atoms with Crippen molar-refractivity contribution in [3.8, 4) is 0 Å². The lowest BCUT2D eigenvalue weighted by Crippen LogP contribution is -2.46. The molecule has 0 saturated carbocycles. The highest BCUT2D eigenvalue weighted by molar-refractivity contribution is 6.04. The molecular formula is C23H31N7O7. The van der Waals surface area contributed by atoms with Crippen molar-refractivity contribution >= 4 is 46.9 Å². The van der Waals surface area contributed by atoms with Crippen LogP contribution < -0.4 is 16.4 Å². The maximum absolute atomic E-state index is 12.8.